The van der Waals surface area contributed by atoms with E-state index in [9.17, 15) is 14.4 Å². The molecule has 1 aromatic heterocycles. The summed E-state index contributed by atoms with van der Waals surface area (Å²) in [6.45, 7) is 10.4. The Hall–Kier alpha value is -3.94. The first-order valence-corrected chi connectivity index (χ1v) is 15.2. The number of aryl methyl sites for hydroxylation is 1. The van der Waals surface area contributed by atoms with Crippen LogP contribution in [0.4, 0.5) is 5.69 Å². The molecular weight excluding hydrogens is 530 g/mol. The number of anilines is 1. The van der Waals surface area contributed by atoms with Crippen LogP contribution in [0.5, 0.6) is 5.75 Å². The highest BCUT2D eigenvalue weighted by Crippen LogP contribution is 2.24. The van der Waals surface area contributed by atoms with Gasteiger partial charge in [-0.3, -0.25) is 14.2 Å². The maximum absolute atomic E-state index is 13.8. The molecule has 0 saturated heterocycles. The number of rotatable bonds is 16. The largest absolute Gasteiger partial charge is 0.478 e. The molecule has 2 aromatic carbocycles. The lowest BCUT2D eigenvalue weighted by molar-refractivity contribution is -0.153. The summed E-state index contributed by atoms with van der Waals surface area (Å²) >= 11 is 0. The smallest absolute Gasteiger partial charge is 0.347 e. The molecule has 1 amide bonds. The van der Waals surface area contributed by atoms with Crippen molar-refractivity contribution >= 4 is 17.6 Å². The van der Waals surface area contributed by atoms with Gasteiger partial charge in [0.1, 0.15) is 18.1 Å². The summed E-state index contributed by atoms with van der Waals surface area (Å²) in [6, 6.07) is 18.2. The predicted molar refractivity (Wildman–Crippen MR) is 167 cm³/mol. The third-order valence-corrected chi connectivity index (χ3v) is 7.09. The average molecular weight is 576 g/mol. The number of hydrogen-bond donors (Lipinski definition) is 0. The highest BCUT2D eigenvalue weighted by Gasteiger charge is 2.26. The lowest BCUT2D eigenvalue weighted by atomic mass is 10.1. The van der Waals surface area contributed by atoms with Crippen LogP contribution in [0.1, 0.15) is 72.5 Å². The molecule has 0 aliphatic carbocycles. The monoisotopic (exact) mass is 575 g/mol. The summed E-state index contributed by atoms with van der Waals surface area (Å²) in [7, 11) is 0. The van der Waals surface area contributed by atoms with Gasteiger partial charge in [0.15, 0.2) is 6.10 Å². The third-order valence-electron chi connectivity index (χ3n) is 7.09. The molecule has 0 aliphatic rings. The molecule has 0 fully saturated rings. The molecule has 1 unspecified atom stereocenters. The van der Waals surface area contributed by atoms with Crippen molar-refractivity contribution in [1.29, 1.82) is 0 Å². The van der Waals surface area contributed by atoms with E-state index in [0.29, 0.717) is 35.9 Å². The summed E-state index contributed by atoms with van der Waals surface area (Å²) < 4.78 is 12.6. The number of hydrogen-bond acceptors (Lipinski definition) is 6. The number of amides is 1. The highest BCUT2D eigenvalue weighted by molar-refractivity contribution is 5.93. The topological polar surface area (TPSA) is 90.7 Å². The number of ether oxygens (including phenoxy) is 2. The quantitative estimate of drug-likeness (QED) is 0.144. The minimum Gasteiger partial charge on any atom is -0.478 e. The van der Waals surface area contributed by atoms with E-state index in [1.54, 1.807) is 24.0 Å². The van der Waals surface area contributed by atoms with Crippen molar-refractivity contribution in [2.75, 3.05) is 18.1 Å². The number of unbranched alkanes of at least 4 members (excludes halogenated alkanes) is 4. The van der Waals surface area contributed by atoms with E-state index < -0.39 is 12.1 Å². The second-order valence-electron chi connectivity index (χ2n) is 10.7. The zero-order valence-electron chi connectivity index (χ0n) is 25.7. The number of carbonyl (C=O) groups is 2. The Morgan fingerprint density at radius 1 is 0.929 bits per heavy atom. The number of nitrogens with zero attached hydrogens (tertiary/aromatic N) is 3. The van der Waals surface area contributed by atoms with E-state index >= 15 is 0 Å². The van der Waals surface area contributed by atoms with Gasteiger partial charge in [0, 0.05) is 36.2 Å². The molecule has 0 radical (unpaired) electrons. The molecular formula is C34H45N3O5. The van der Waals surface area contributed by atoms with Crippen molar-refractivity contribution < 1.29 is 19.1 Å². The van der Waals surface area contributed by atoms with Crippen LogP contribution >= 0.6 is 0 Å². The van der Waals surface area contributed by atoms with Gasteiger partial charge in [0.05, 0.1) is 12.3 Å². The van der Waals surface area contributed by atoms with Crippen molar-refractivity contribution in [1.82, 2.24) is 9.55 Å². The van der Waals surface area contributed by atoms with Crippen LogP contribution in [0.25, 0.3) is 11.3 Å². The minimum absolute atomic E-state index is 0.0714. The number of aromatic nitrogens is 2. The first-order valence-electron chi connectivity index (χ1n) is 15.2. The highest BCUT2D eigenvalue weighted by atomic mass is 16.6. The molecule has 1 atom stereocenters. The Labute approximate surface area is 249 Å². The number of esters is 1. The van der Waals surface area contributed by atoms with Crippen molar-refractivity contribution in [3.63, 3.8) is 0 Å². The average Bonchev–Trinajstić information content (AvgIpc) is 2.99. The number of carbonyl (C=O) groups excluding carboxylic acids is 2. The lowest BCUT2D eigenvalue weighted by Gasteiger charge is -2.25. The van der Waals surface area contributed by atoms with E-state index in [0.717, 1.165) is 37.7 Å². The van der Waals surface area contributed by atoms with E-state index in [2.05, 4.69) is 6.92 Å². The van der Waals surface area contributed by atoms with Crippen LogP contribution in [0.3, 0.4) is 0 Å². The Bertz CT molecular complexity index is 1340. The Morgan fingerprint density at radius 2 is 1.62 bits per heavy atom. The molecule has 0 spiro atoms. The standard InChI is InChI=1S/C34H45N3O5/c1-6-9-10-11-15-22-36(27-18-20-28(21-19-27)42-33(25(4)5)34(40)41-8-3)32(39)24-37-30(7-2)35-29(23-31(37)38)26-16-13-12-14-17-26/h12-14,16-21,23,25,33H,6-11,15,22,24H2,1-5H3. The minimum atomic E-state index is -0.724. The van der Waals surface area contributed by atoms with E-state index in [1.807, 2.05) is 63.2 Å². The van der Waals surface area contributed by atoms with Gasteiger partial charge in [-0.2, -0.15) is 0 Å². The molecule has 1 heterocycles. The van der Waals surface area contributed by atoms with Crippen LogP contribution in [-0.2, 0) is 27.3 Å². The Morgan fingerprint density at radius 3 is 2.24 bits per heavy atom. The van der Waals surface area contributed by atoms with Crippen LogP contribution in [0.2, 0.25) is 0 Å². The molecule has 8 heteroatoms. The summed E-state index contributed by atoms with van der Waals surface area (Å²) in [4.78, 5) is 45.8. The van der Waals surface area contributed by atoms with E-state index in [-0.39, 0.29) is 30.5 Å². The fraction of sp³-hybridized carbons (Fsp3) is 0.471. The van der Waals surface area contributed by atoms with Crippen molar-refractivity contribution in [3.8, 4) is 17.0 Å². The van der Waals surface area contributed by atoms with Gasteiger partial charge >= 0.3 is 5.97 Å². The fourth-order valence-electron chi connectivity index (χ4n) is 4.77. The summed E-state index contributed by atoms with van der Waals surface area (Å²) in [6.07, 6.45) is 5.07. The van der Waals surface area contributed by atoms with Gasteiger partial charge < -0.3 is 14.4 Å². The van der Waals surface area contributed by atoms with Crippen LogP contribution in [0, 0.1) is 5.92 Å². The second kappa shape index (κ2) is 16.5. The molecule has 0 N–H and O–H groups in total. The maximum Gasteiger partial charge on any atom is 0.347 e. The molecule has 226 valence electrons. The number of benzene rings is 2. The molecule has 8 nitrogen and oxygen atoms in total. The summed E-state index contributed by atoms with van der Waals surface area (Å²) in [5.41, 5.74) is 1.92. The first-order chi connectivity index (χ1) is 20.3. The van der Waals surface area contributed by atoms with Gasteiger partial charge in [-0.1, -0.05) is 83.7 Å². The Kier molecular flexibility index (Phi) is 12.8. The molecule has 0 aliphatic heterocycles. The van der Waals surface area contributed by atoms with Gasteiger partial charge in [-0.05, 0) is 37.6 Å². The summed E-state index contributed by atoms with van der Waals surface area (Å²) in [5, 5.41) is 0. The second-order valence-corrected chi connectivity index (χ2v) is 10.7. The van der Waals surface area contributed by atoms with Gasteiger partial charge in [-0.25, -0.2) is 9.78 Å². The first kappa shape index (κ1) is 32.6. The third kappa shape index (κ3) is 9.03. The molecule has 0 bridgehead atoms. The van der Waals surface area contributed by atoms with Gasteiger partial charge in [0.2, 0.25) is 5.91 Å². The molecule has 3 rings (SSSR count). The lowest BCUT2D eigenvalue weighted by Crippen LogP contribution is -2.38. The maximum atomic E-state index is 13.8. The van der Waals surface area contributed by atoms with E-state index in [1.165, 1.54) is 10.6 Å². The van der Waals surface area contributed by atoms with Crippen molar-refractivity contribution in [3.05, 3.63) is 76.8 Å². The van der Waals surface area contributed by atoms with Crippen LogP contribution < -0.4 is 15.2 Å². The van der Waals surface area contributed by atoms with E-state index in [4.69, 9.17) is 14.5 Å². The van der Waals surface area contributed by atoms with Crippen LogP contribution in [0.15, 0.2) is 65.5 Å². The van der Waals surface area contributed by atoms with Crippen molar-refractivity contribution in [2.45, 2.75) is 85.8 Å². The molecule has 0 saturated carbocycles. The van der Waals surface area contributed by atoms with Gasteiger partial charge in [0.25, 0.3) is 5.56 Å². The molecule has 3 aromatic rings. The van der Waals surface area contributed by atoms with Crippen LogP contribution in [-0.4, -0.2) is 40.7 Å². The predicted octanol–water partition coefficient (Wildman–Crippen LogP) is 6.44. The SMILES string of the molecule is CCCCCCCN(C(=O)Cn1c(CC)nc(-c2ccccc2)cc1=O)c1ccc(OC(C(=O)OCC)C(C)C)cc1. The zero-order chi connectivity index (χ0) is 30.5. The fourth-order valence-corrected chi connectivity index (χ4v) is 4.77. The van der Waals surface area contributed by atoms with Crippen molar-refractivity contribution in [2.24, 2.45) is 5.92 Å². The normalized spacial score (nSPS) is 11.8. The summed E-state index contributed by atoms with van der Waals surface area (Å²) in [5.74, 6) is 0.435. The molecule has 42 heavy (non-hydrogen) atoms. The zero-order valence-corrected chi connectivity index (χ0v) is 25.7. The van der Waals surface area contributed by atoms with Gasteiger partial charge in [-0.15, -0.1) is 0 Å². The Balaban J connectivity index is 1.84.